The molecule has 0 atom stereocenters. The smallest absolute Gasteiger partial charge is 0.160 e. The molecular formula is C11H15NO2. The maximum absolute atomic E-state index is 9.37. The van der Waals surface area contributed by atoms with E-state index in [4.69, 9.17) is 4.74 Å². The highest BCUT2D eigenvalue weighted by Gasteiger charge is 2.03. The van der Waals surface area contributed by atoms with Crippen LogP contribution in [0.1, 0.15) is 12.5 Å². The Morgan fingerprint density at radius 1 is 1.50 bits per heavy atom. The Labute approximate surface area is 84.1 Å². The van der Waals surface area contributed by atoms with Crippen LogP contribution in [0, 0.1) is 0 Å². The van der Waals surface area contributed by atoms with Crippen molar-refractivity contribution in [3.05, 3.63) is 23.8 Å². The number of aromatic hydroxyl groups is 1. The minimum atomic E-state index is 0.169. The zero-order valence-corrected chi connectivity index (χ0v) is 8.74. The molecule has 0 radical (unpaired) electrons. The molecule has 3 nitrogen and oxygen atoms in total. The zero-order valence-electron chi connectivity index (χ0n) is 8.74. The molecule has 0 heterocycles. The molecule has 0 aliphatic rings. The number of hydrogen-bond acceptors (Lipinski definition) is 3. The fraction of sp³-hybridized carbons (Fsp3) is 0.364. The van der Waals surface area contributed by atoms with E-state index >= 15 is 0 Å². The van der Waals surface area contributed by atoms with Gasteiger partial charge >= 0.3 is 0 Å². The molecule has 0 unspecified atom stereocenters. The molecule has 1 aromatic carbocycles. The van der Waals surface area contributed by atoms with Crippen LogP contribution >= 0.6 is 0 Å². The van der Waals surface area contributed by atoms with E-state index in [1.165, 1.54) is 0 Å². The van der Waals surface area contributed by atoms with E-state index in [9.17, 15) is 5.11 Å². The van der Waals surface area contributed by atoms with Crippen LogP contribution in [0.3, 0.4) is 0 Å². The van der Waals surface area contributed by atoms with Crippen molar-refractivity contribution in [1.29, 1.82) is 0 Å². The van der Waals surface area contributed by atoms with Crippen LogP contribution in [-0.4, -0.2) is 25.0 Å². The average Bonchev–Trinajstić information content (AvgIpc) is 2.20. The lowest BCUT2D eigenvalue weighted by molar-refractivity contribution is 0.373. The van der Waals surface area contributed by atoms with E-state index in [-0.39, 0.29) is 5.75 Å². The van der Waals surface area contributed by atoms with Gasteiger partial charge in [0.2, 0.25) is 0 Å². The van der Waals surface area contributed by atoms with Crippen molar-refractivity contribution in [3.63, 3.8) is 0 Å². The Hall–Kier alpha value is -1.51. The first-order valence-corrected chi connectivity index (χ1v) is 4.45. The van der Waals surface area contributed by atoms with E-state index in [1.54, 1.807) is 20.2 Å². The molecule has 0 saturated heterocycles. The van der Waals surface area contributed by atoms with Crippen LogP contribution in [0.5, 0.6) is 11.5 Å². The van der Waals surface area contributed by atoms with Gasteiger partial charge in [-0.05, 0) is 24.6 Å². The lowest BCUT2D eigenvalue weighted by Crippen LogP contribution is -1.97. The molecule has 14 heavy (non-hydrogen) atoms. The molecule has 0 aliphatic carbocycles. The highest BCUT2D eigenvalue weighted by atomic mass is 16.5. The van der Waals surface area contributed by atoms with Crippen molar-refractivity contribution >= 4 is 5.71 Å². The molecular weight excluding hydrogens is 178 g/mol. The number of hydrogen-bond donors (Lipinski definition) is 1. The average molecular weight is 193 g/mol. The maximum atomic E-state index is 9.37. The monoisotopic (exact) mass is 193 g/mol. The first kappa shape index (κ1) is 10.6. The quantitative estimate of drug-likeness (QED) is 0.746. The summed E-state index contributed by atoms with van der Waals surface area (Å²) in [7, 11) is 3.31. The van der Waals surface area contributed by atoms with Crippen molar-refractivity contribution < 1.29 is 9.84 Å². The van der Waals surface area contributed by atoms with E-state index in [1.807, 2.05) is 19.1 Å². The molecule has 3 heteroatoms. The maximum Gasteiger partial charge on any atom is 0.160 e. The Bertz CT molecular complexity index is 345. The van der Waals surface area contributed by atoms with Gasteiger partial charge in [0.05, 0.1) is 7.11 Å². The van der Waals surface area contributed by atoms with Crippen LogP contribution in [0.2, 0.25) is 0 Å². The predicted octanol–water partition coefficient (Wildman–Crippen LogP) is 2.03. The second-order valence-corrected chi connectivity index (χ2v) is 3.14. The standard InChI is InChI=1S/C11H15NO2/c1-8(12-2)6-9-4-5-10(13)11(7-9)14-3/h4-5,7,13H,6H2,1-3H3/b12-8-. The third-order valence-electron chi connectivity index (χ3n) is 2.09. The SMILES string of the molecule is C/N=C(/C)Cc1ccc(O)c(OC)c1. The summed E-state index contributed by atoms with van der Waals surface area (Å²) >= 11 is 0. The van der Waals surface area contributed by atoms with Crippen molar-refractivity contribution in [3.8, 4) is 11.5 Å². The molecule has 1 N–H and O–H groups in total. The molecule has 1 rings (SSSR count). The van der Waals surface area contributed by atoms with E-state index in [0.29, 0.717) is 5.75 Å². The summed E-state index contributed by atoms with van der Waals surface area (Å²) in [4.78, 5) is 4.08. The van der Waals surface area contributed by atoms with Crippen molar-refractivity contribution in [2.75, 3.05) is 14.2 Å². The summed E-state index contributed by atoms with van der Waals surface area (Å²) < 4.78 is 5.01. The van der Waals surface area contributed by atoms with Gasteiger partial charge in [-0.2, -0.15) is 0 Å². The first-order chi connectivity index (χ1) is 6.67. The zero-order chi connectivity index (χ0) is 10.6. The number of phenolic OH excluding ortho intramolecular Hbond substituents is 1. The van der Waals surface area contributed by atoms with Gasteiger partial charge in [-0.3, -0.25) is 4.99 Å². The second-order valence-electron chi connectivity index (χ2n) is 3.14. The highest BCUT2D eigenvalue weighted by Crippen LogP contribution is 2.26. The van der Waals surface area contributed by atoms with Crippen LogP contribution in [-0.2, 0) is 6.42 Å². The number of methoxy groups -OCH3 is 1. The summed E-state index contributed by atoms with van der Waals surface area (Å²) in [6.07, 6.45) is 0.785. The molecule has 0 fully saturated rings. The van der Waals surface area contributed by atoms with Crippen LogP contribution < -0.4 is 4.74 Å². The van der Waals surface area contributed by atoms with E-state index in [2.05, 4.69) is 4.99 Å². The lowest BCUT2D eigenvalue weighted by atomic mass is 10.1. The van der Waals surface area contributed by atoms with Crippen molar-refractivity contribution in [1.82, 2.24) is 0 Å². The van der Waals surface area contributed by atoms with Gasteiger partial charge < -0.3 is 9.84 Å². The number of phenols is 1. The fourth-order valence-corrected chi connectivity index (χ4v) is 1.21. The summed E-state index contributed by atoms with van der Waals surface area (Å²) in [6, 6.07) is 5.33. The Balaban J connectivity index is 2.90. The topological polar surface area (TPSA) is 41.8 Å². The third-order valence-corrected chi connectivity index (χ3v) is 2.09. The number of ether oxygens (including phenoxy) is 1. The Morgan fingerprint density at radius 2 is 2.21 bits per heavy atom. The normalized spacial score (nSPS) is 11.5. The minimum Gasteiger partial charge on any atom is -0.504 e. The largest absolute Gasteiger partial charge is 0.504 e. The van der Waals surface area contributed by atoms with Gasteiger partial charge in [-0.1, -0.05) is 6.07 Å². The van der Waals surface area contributed by atoms with Crippen molar-refractivity contribution in [2.45, 2.75) is 13.3 Å². The Morgan fingerprint density at radius 3 is 2.79 bits per heavy atom. The van der Waals surface area contributed by atoms with Crippen LogP contribution in [0.4, 0.5) is 0 Å². The van der Waals surface area contributed by atoms with Gasteiger partial charge in [0, 0.05) is 19.2 Å². The highest BCUT2D eigenvalue weighted by molar-refractivity contribution is 5.84. The number of benzene rings is 1. The summed E-state index contributed by atoms with van der Waals surface area (Å²) in [6.45, 7) is 1.97. The molecule has 1 aromatic rings. The van der Waals surface area contributed by atoms with Gasteiger partial charge in [0.15, 0.2) is 11.5 Å². The van der Waals surface area contributed by atoms with E-state index in [0.717, 1.165) is 17.7 Å². The molecule has 0 saturated carbocycles. The minimum absolute atomic E-state index is 0.169. The summed E-state index contributed by atoms with van der Waals surface area (Å²) in [5, 5.41) is 9.37. The lowest BCUT2D eigenvalue weighted by Gasteiger charge is -2.06. The molecule has 0 aromatic heterocycles. The number of nitrogens with zero attached hydrogens (tertiary/aromatic N) is 1. The third kappa shape index (κ3) is 2.49. The molecule has 76 valence electrons. The van der Waals surface area contributed by atoms with E-state index < -0.39 is 0 Å². The van der Waals surface area contributed by atoms with Gasteiger partial charge in [-0.15, -0.1) is 0 Å². The second kappa shape index (κ2) is 4.65. The van der Waals surface area contributed by atoms with Gasteiger partial charge in [-0.25, -0.2) is 0 Å². The first-order valence-electron chi connectivity index (χ1n) is 4.45. The molecule has 0 aliphatic heterocycles. The Kier molecular flexibility index (Phi) is 3.51. The summed E-state index contributed by atoms with van der Waals surface area (Å²) in [5.41, 5.74) is 2.14. The van der Waals surface area contributed by atoms with Gasteiger partial charge in [0.25, 0.3) is 0 Å². The predicted molar refractivity (Wildman–Crippen MR) is 57.4 cm³/mol. The molecule has 0 spiro atoms. The number of rotatable bonds is 3. The fourth-order valence-electron chi connectivity index (χ4n) is 1.21. The molecule has 0 bridgehead atoms. The van der Waals surface area contributed by atoms with Crippen molar-refractivity contribution in [2.24, 2.45) is 4.99 Å². The van der Waals surface area contributed by atoms with Gasteiger partial charge in [0.1, 0.15) is 0 Å². The van der Waals surface area contributed by atoms with Crippen LogP contribution in [0.15, 0.2) is 23.2 Å². The van der Waals surface area contributed by atoms with Crippen LogP contribution in [0.25, 0.3) is 0 Å². The molecule has 0 amide bonds. The number of aliphatic imine (C=N–C) groups is 1. The summed E-state index contributed by atoms with van der Waals surface area (Å²) in [5.74, 6) is 0.675.